The summed E-state index contributed by atoms with van der Waals surface area (Å²) in [4.78, 5) is -1.77. The number of benzene rings is 3. The molecule has 3 aromatic carbocycles. The maximum Gasteiger partial charge on any atom is 0.295 e. The number of hydrogen-bond donors (Lipinski definition) is 4. The van der Waals surface area contributed by atoms with Gasteiger partial charge >= 0.3 is 0 Å². The third-order valence-electron chi connectivity index (χ3n) is 4.01. The molecule has 12 nitrogen and oxygen atoms in total. The van der Waals surface area contributed by atoms with Crippen molar-refractivity contribution in [1.29, 1.82) is 0 Å². The van der Waals surface area contributed by atoms with Crippen molar-refractivity contribution in [2.75, 3.05) is 0 Å². The lowest BCUT2D eigenvalue weighted by atomic mass is 10.1. The van der Waals surface area contributed by atoms with Gasteiger partial charge in [0.2, 0.25) is 0 Å². The summed E-state index contributed by atoms with van der Waals surface area (Å²) < 4.78 is 96.0. The highest BCUT2D eigenvalue weighted by Crippen LogP contribution is 2.40. The van der Waals surface area contributed by atoms with E-state index in [0.29, 0.717) is 0 Å². The van der Waals surface area contributed by atoms with Gasteiger partial charge in [-0.05, 0) is 42.5 Å². The summed E-state index contributed by atoms with van der Waals surface area (Å²) in [7, 11) is -14.0. The fourth-order valence-corrected chi connectivity index (χ4v) is 4.29. The Labute approximate surface area is 175 Å². The zero-order chi connectivity index (χ0) is 23.2. The predicted molar refractivity (Wildman–Crippen MR) is 106 cm³/mol. The zero-order valence-electron chi connectivity index (χ0n) is 15.0. The van der Waals surface area contributed by atoms with E-state index in [0.717, 1.165) is 48.5 Å². The van der Waals surface area contributed by atoms with Crippen LogP contribution in [0.5, 0.6) is 5.75 Å². The monoisotopic (exact) mass is 488 g/mol. The van der Waals surface area contributed by atoms with Crippen LogP contribution in [0.2, 0.25) is 0 Å². The molecule has 0 heterocycles. The molecular weight excluding hydrogens is 476 g/mol. The van der Waals surface area contributed by atoms with Gasteiger partial charge in [-0.1, -0.05) is 6.07 Å². The van der Waals surface area contributed by atoms with Crippen LogP contribution in [0.25, 0.3) is 10.8 Å². The number of aromatic hydroxyl groups is 1. The molecule has 0 bridgehead atoms. The molecular formula is C16H12N2O10S3. The van der Waals surface area contributed by atoms with Gasteiger partial charge in [0.05, 0.1) is 15.5 Å². The van der Waals surface area contributed by atoms with Crippen LogP contribution in [-0.2, 0) is 30.4 Å². The van der Waals surface area contributed by atoms with Gasteiger partial charge in [0.15, 0.2) is 5.75 Å². The molecule has 0 aliphatic heterocycles. The molecule has 0 saturated heterocycles. The molecule has 0 spiro atoms. The van der Waals surface area contributed by atoms with Crippen LogP contribution in [0, 0.1) is 0 Å². The number of hydrogen-bond acceptors (Lipinski definition) is 9. The van der Waals surface area contributed by atoms with E-state index in [4.69, 9.17) is 4.55 Å². The Morgan fingerprint density at radius 2 is 1.16 bits per heavy atom. The molecule has 15 heteroatoms. The highest BCUT2D eigenvalue weighted by molar-refractivity contribution is 7.86. The number of nitrogens with zero attached hydrogens (tertiary/aromatic N) is 2. The molecule has 0 radical (unpaired) electrons. The number of fused-ring (bicyclic) bond motifs is 1. The maximum absolute atomic E-state index is 11.8. The Bertz CT molecular complexity index is 1540. The maximum atomic E-state index is 11.8. The third-order valence-corrected chi connectivity index (χ3v) is 6.62. The van der Waals surface area contributed by atoms with E-state index in [1.54, 1.807) is 0 Å². The third kappa shape index (κ3) is 4.87. The van der Waals surface area contributed by atoms with Crippen molar-refractivity contribution >= 4 is 52.5 Å². The summed E-state index contributed by atoms with van der Waals surface area (Å²) in [5, 5.41) is 17.2. The van der Waals surface area contributed by atoms with Crippen LogP contribution in [0.1, 0.15) is 0 Å². The zero-order valence-corrected chi connectivity index (χ0v) is 17.4. The summed E-state index contributed by atoms with van der Waals surface area (Å²) >= 11 is 0. The van der Waals surface area contributed by atoms with Crippen LogP contribution >= 0.6 is 0 Å². The van der Waals surface area contributed by atoms with Crippen molar-refractivity contribution < 1.29 is 44.0 Å². The van der Waals surface area contributed by atoms with E-state index >= 15 is 0 Å². The SMILES string of the molecule is O=S(=O)(O)c1ccc(N=Nc2cc(S(=O)(=O)O)c3ccc(S(=O)(=O)O)cc3c2O)cc1. The minimum absolute atomic E-state index is 0.0481. The molecule has 0 aliphatic rings. The Morgan fingerprint density at radius 1 is 0.613 bits per heavy atom. The Morgan fingerprint density at radius 3 is 1.68 bits per heavy atom. The molecule has 0 amide bonds. The normalized spacial score (nSPS) is 13.1. The summed E-state index contributed by atoms with van der Waals surface area (Å²) in [5.74, 6) is -0.703. The van der Waals surface area contributed by atoms with Crippen LogP contribution in [0.15, 0.2) is 73.4 Å². The van der Waals surface area contributed by atoms with Crippen LogP contribution in [-0.4, -0.2) is 44.0 Å². The Kier molecular flexibility index (Phi) is 5.59. The summed E-state index contributed by atoms with van der Waals surface area (Å²) in [6.45, 7) is 0. The first-order chi connectivity index (χ1) is 14.2. The molecule has 164 valence electrons. The second-order valence-electron chi connectivity index (χ2n) is 6.07. The van der Waals surface area contributed by atoms with Crippen LogP contribution in [0.3, 0.4) is 0 Å². The van der Waals surface area contributed by atoms with Gasteiger partial charge < -0.3 is 5.11 Å². The molecule has 4 N–H and O–H groups in total. The number of phenols is 1. The molecule has 0 saturated carbocycles. The van der Waals surface area contributed by atoms with Crippen molar-refractivity contribution in [3.05, 3.63) is 48.5 Å². The number of rotatable bonds is 5. The fraction of sp³-hybridized carbons (Fsp3) is 0. The van der Waals surface area contributed by atoms with Crippen molar-refractivity contribution in [1.82, 2.24) is 0 Å². The summed E-state index contributed by atoms with van der Waals surface area (Å²) in [6, 6.07) is 7.78. The number of azo groups is 1. The van der Waals surface area contributed by atoms with Gasteiger partial charge in [0.25, 0.3) is 30.4 Å². The van der Waals surface area contributed by atoms with Gasteiger partial charge in [-0.2, -0.15) is 30.4 Å². The predicted octanol–water partition coefficient (Wildman–Crippen LogP) is 2.70. The number of phenolic OH excluding ortho intramolecular Hbond substituents is 1. The van der Waals surface area contributed by atoms with Crippen molar-refractivity contribution in [2.24, 2.45) is 10.2 Å². The van der Waals surface area contributed by atoms with Crippen molar-refractivity contribution in [3.8, 4) is 5.75 Å². The summed E-state index contributed by atoms with van der Waals surface area (Å²) in [5.41, 5.74) is -0.432. The van der Waals surface area contributed by atoms with Crippen LogP contribution < -0.4 is 0 Å². The minimum atomic E-state index is -4.84. The van der Waals surface area contributed by atoms with Crippen LogP contribution in [0.4, 0.5) is 11.4 Å². The molecule has 3 rings (SSSR count). The quantitative estimate of drug-likeness (QED) is 0.305. The van der Waals surface area contributed by atoms with Gasteiger partial charge in [-0.25, -0.2) is 0 Å². The lowest BCUT2D eigenvalue weighted by Gasteiger charge is -2.09. The standard InChI is InChI=1S/C16H12N2O10S3/c19-16-13-7-11(30(23,24)25)5-6-12(13)15(31(26,27)28)8-14(16)18-17-9-1-3-10(4-2-9)29(20,21)22/h1-8,19H,(H,20,21,22)(H,23,24,25)(H,26,27,28). The Hall–Kier alpha value is -2.95. The molecule has 0 atom stereocenters. The minimum Gasteiger partial charge on any atom is -0.505 e. The van der Waals surface area contributed by atoms with E-state index in [2.05, 4.69) is 10.2 Å². The first-order valence-corrected chi connectivity index (χ1v) is 12.2. The second kappa shape index (κ2) is 7.63. The average molecular weight is 488 g/mol. The lowest BCUT2D eigenvalue weighted by Crippen LogP contribution is -2.01. The Balaban J connectivity index is 2.20. The second-order valence-corrected chi connectivity index (χ2v) is 10.3. The molecule has 31 heavy (non-hydrogen) atoms. The molecule has 0 aliphatic carbocycles. The van der Waals surface area contributed by atoms with Crippen molar-refractivity contribution in [2.45, 2.75) is 14.7 Å². The van der Waals surface area contributed by atoms with E-state index in [1.165, 1.54) is 0 Å². The van der Waals surface area contributed by atoms with E-state index < -0.39 is 56.5 Å². The first-order valence-electron chi connectivity index (χ1n) is 7.92. The molecule has 0 fully saturated rings. The molecule has 0 aromatic heterocycles. The first kappa shape index (κ1) is 22.7. The van der Waals surface area contributed by atoms with Gasteiger partial charge in [-0.3, -0.25) is 13.7 Å². The average Bonchev–Trinajstić information content (AvgIpc) is 2.65. The van der Waals surface area contributed by atoms with E-state index in [9.17, 15) is 39.5 Å². The summed E-state index contributed by atoms with van der Waals surface area (Å²) in [6.07, 6.45) is 0. The fourth-order valence-electron chi connectivity index (χ4n) is 2.59. The smallest absolute Gasteiger partial charge is 0.295 e. The molecule has 0 unspecified atom stereocenters. The van der Waals surface area contributed by atoms with E-state index in [1.807, 2.05) is 0 Å². The lowest BCUT2D eigenvalue weighted by molar-refractivity contribution is 0.478. The van der Waals surface area contributed by atoms with Gasteiger partial charge in [0, 0.05) is 10.8 Å². The van der Waals surface area contributed by atoms with E-state index in [-0.39, 0.29) is 16.5 Å². The van der Waals surface area contributed by atoms with Crippen molar-refractivity contribution in [3.63, 3.8) is 0 Å². The topological polar surface area (TPSA) is 208 Å². The largest absolute Gasteiger partial charge is 0.505 e. The van der Waals surface area contributed by atoms with Gasteiger partial charge in [-0.15, -0.1) is 5.11 Å². The molecule has 3 aromatic rings. The van der Waals surface area contributed by atoms with Gasteiger partial charge in [0.1, 0.15) is 10.6 Å². The highest BCUT2D eigenvalue weighted by atomic mass is 32.2. The highest BCUT2D eigenvalue weighted by Gasteiger charge is 2.22.